The van der Waals surface area contributed by atoms with E-state index in [0.29, 0.717) is 33.1 Å². The fraction of sp³-hybridized carbons (Fsp3) is 0.208. The van der Waals surface area contributed by atoms with Gasteiger partial charge in [-0.25, -0.2) is 0 Å². The molecule has 0 saturated carbocycles. The second-order valence-electron chi connectivity index (χ2n) is 7.31. The maximum atomic E-state index is 13.0. The van der Waals surface area contributed by atoms with Gasteiger partial charge >= 0.3 is 0 Å². The maximum Gasteiger partial charge on any atom is 0.279 e. The summed E-state index contributed by atoms with van der Waals surface area (Å²) in [6.45, 7) is 0.175. The van der Waals surface area contributed by atoms with Crippen LogP contribution >= 0.6 is 23.4 Å². The van der Waals surface area contributed by atoms with Crippen LogP contribution < -0.4 is 15.6 Å². The molecule has 0 fully saturated rings. The van der Waals surface area contributed by atoms with E-state index in [1.165, 1.54) is 11.8 Å². The summed E-state index contributed by atoms with van der Waals surface area (Å²) in [6.07, 6.45) is 5.39. The third-order valence-corrected chi connectivity index (χ3v) is 6.50. The largest absolute Gasteiger partial charge is 0.481 e. The zero-order chi connectivity index (χ0) is 22.7. The summed E-state index contributed by atoms with van der Waals surface area (Å²) in [5.41, 5.74) is 2.00. The van der Waals surface area contributed by atoms with Gasteiger partial charge in [0.15, 0.2) is 5.16 Å². The second-order valence-corrected chi connectivity index (χ2v) is 8.69. The number of fused-ring (bicyclic) bond motifs is 1. The van der Waals surface area contributed by atoms with Gasteiger partial charge in [-0.05, 0) is 35.4 Å². The van der Waals surface area contributed by atoms with Crippen LogP contribution in [0.15, 0.2) is 58.5 Å². The van der Waals surface area contributed by atoms with Crippen molar-refractivity contribution in [2.24, 2.45) is 7.05 Å². The SMILES string of the molecule is C#CCOc1ccc([C@H]2CC(=O)Nc3c2c(=O)nc(SCc2cccc(Cl)c2)n3C)cc1. The Balaban J connectivity index is 1.65. The van der Waals surface area contributed by atoms with E-state index in [0.717, 1.165) is 11.1 Å². The van der Waals surface area contributed by atoms with E-state index in [1.807, 2.05) is 36.4 Å². The summed E-state index contributed by atoms with van der Waals surface area (Å²) >= 11 is 7.47. The maximum absolute atomic E-state index is 13.0. The highest BCUT2D eigenvalue weighted by Crippen LogP contribution is 2.36. The van der Waals surface area contributed by atoms with Crippen molar-refractivity contribution in [3.8, 4) is 18.1 Å². The van der Waals surface area contributed by atoms with Crippen molar-refractivity contribution in [1.29, 1.82) is 0 Å². The average molecular weight is 466 g/mol. The normalized spacial score (nSPS) is 14.9. The number of aromatic nitrogens is 2. The van der Waals surface area contributed by atoms with Gasteiger partial charge in [0.05, 0.1) is 5.56 Å². The molecule has 1 aromatic heterocycles. The molecular formula is C24H20ClN3O3S. The molecule has 1 atom stereocenters. The van der Waals surface area contributed by atoms with Crippen LogP contribution in [0.5, 0.6) is 5.75 Å². The molecule has 0 saturated heterocycles. The number of hydrogen-bond acceptors (Lipinski definition) is 5. The summed E-state index contributed by atoms with van der Waals surface area (Å²) < 4.78 is 7.18. The van der Waals surface area contributed by atoms with Crippen LogP contribution in [-0.2, 0) is 17.6 Å². The molecule has 8 heteroatoms. The number of anilines is 1. The molecule has 0 radical (unpaired) electrons. The Labute approximate surface area is 195 Å². The topological polar surface area (TPSA) is 73.2 Å². The average Bonchev–Trinajstić information content (AvgIpc) is 2.79. The molecule has 32 heavy (non-hydrogen) atoms. The van der Waals surface area contributed by atoms with E-state index in [1.54, 1.807) is 23.7 Å². The third kappa shape index (κ3) is 4.67. The lowest BCUT2D eigenvalue weighted by molar-refractivity contribution is -0.116. The molecule has 2 aromatic carbocycles. The van der Waals surface area contributed by atoms with Crippen LogP contribution in [-0.4, -0.2) is 22.1 Å². The first-order chi connectivity index (χ1) is 15.5. The number of halogens is 1. The Bertz CT molecular complexity index is 1260. The van der Waals surface area contributed by atoms with Gasteiger partial charge in [-0.1, -0.05) is 53.5 Å². The quantitative estimate of drug-likeness (QED) is 0.335. The first-order valence-electron chi connectivity index (χ1n) is 9.90. The molecule has 0 unspecified atom stereocenters. The first kappa shape index (κ1) is 22.0. The van der Waals surface area contributed by atoms with Crippen molar-refractivity contribution >= 4 is 35.1 Å². The minimum absolute atomic E-state index is 0.151. The lowest BCUT2D eigenvalue weighted by atomic mass is 9.87. The Morgan fingerprint density at radius 2 is 2.06 bits per heavy atom. The molecule has 162 valence electrons. The van der Waals surface area contributed by atoms with Gasteiger partial charge in [0.25, 0.3) is 5.56 Å². The molecule has 0 bridgehead atoms. The first-order valence-corrected chi connectivity index (χ1v) is 11.3. The van der Waals surface area contributed by atoms with E-state index < -0.39 is 5.92 Å². The zero-order valence-corrected chi connectivity index (χ0v) is 18.9. The number of carbonyl (C=O) groups excluding carboxylic acids is 1. The second kappa shape index (κ2) is 9.51. The zero-order valence-electron chi connectivity index (χ0n) is 17.3. The molecule has 0 aliphatic carbocycles. The molecule has 3 aromatic rings. The summed E-state index contributed by atoms with van der Waals surface area (Å²) in [6, 6.07) is 14.8. The van der Waals surface area contributed by atoms with Gasteiger partial charge in [0.1, 0.15) is 18.2 Å². The molecule has 2 heterocycles. The van der Waals surface area contributed by atoms with Crippen LogP contribution in [0.1, 0.15) is 29.0 Å². The third-order valence-electron chi connectivity index (χ3n) is 5.16. The summed E-state index contributed by atoms with van der Waals surface area (Å²) in [5.74, 6) is 3.58. The van der Waals surface area contributed by atoms with Crippen molar-refractivity contribution in [3.63, 3.8) is 0 Å². The van der Waals surface area contributed by atoms with Crippen molar-refractivity contribution in [3.05, 3.63) is 80.6 Å². The Hall–Kier alpha value is -3.21. The highest BCUT2D eigenvalue weighted by Gasteiger charge is 2.32. The molecule has 1 N–H and O–H groups in total. The van der Waals surface area contributed by atoms with Crippen LogP contribution in [0, 0.1) is 12.3 Å². The van der Waals surface area contributed by atoms with E-state index >= 15 is 0 Å². The lowest BCUT2D eigenvalue weighted by Gasteiger charge is -2.27. The van der Waals surface area contributed by atoms with E-state index in [2.05, 4.69) is 16.2 Å². The number of nitrogens with one attached hydrogen (secondary N) is 1. The summed E-state index contributed by atoms with van der Waals surface area (Å²) in [7, 11) is 1.80. The Kier molecular flexibility index (Phi) is 6.54. The van der Waals surface area contributed by atoms with Crippen molar-refractivity contribution < 1.29 is 9.53 Å². The van der Waals surface area contributed by atoms with Crippen LogP contribution in [0.2, 0.25) is 5.02 Å². The molecule has 1 amide bonds. The number of rotatable bonds is 6. The number of ether oxygens (including phenoxy) is 1. The fourth-order valence-corrected chi connectivity index (χ4v) is 4.77. The molecule has 4 rings (SSSR count). The van der Waals surface area contributed by atoms with Gasteiger partial charge in [0.2, 0.25) is 5.91 Å². The number of carbonyl (C=O) groups is 1. The molecule has 1 aliphatic rings. The summed E-state index contributed by atoms with van der Waals surface area (Å²) in [5, 5.41) is 4.03. The van der Waals surface area contributed by atoms with E-state index in [4.69, 9.17) is 22.8 Å². The standard InChI is InChI=1S/C24H20ClN3O3S/c1-3-11-31-18-9-7-16(8-10-18)19-13-20(29)26-22-21(19)23(30)27-24(28(22)2)32-14-15-5-4-6-17(25)12-15/h1,4-10,12,19H,11,13-14H2,2H3,(H,26,29)/t19-/m1/s1. The van der Waals surface area contributed by atoms with E-state index in [9.17, 15) is 9.59 Å². The van der Waals surface area contributed by atoms with Gasteiger partial charge in [0, 0.05) is 30.2 Å². The minimum Gasteiger partial charge on any atom is -0.481 e. The van der Waals surface area contributed by atoms with Crippen LogP contribution in [0.25, 0.3) is 0 Å². The van der Waals surface area contributed by atoms with Crippen LogP contribution in [0.4, 0.5) is 5.82 Å². The predicted octanol–water partition coefficient (Wildman–Crippen LogP) is 4.21. The van der Waals surface area contributed by atoms with Crippen molar-refractivity contribution in [2.45, 2.75) is 23.2 Å². The van der Waals surface area contributed by atoms with Gasteiger partial charge in [-0.2, -0.15) is 4.98 Å². The van der Waals surface area contributed by atoms with Crippen molar-refractivity contribution in [1.82, 2.24) is 9.55 Å². The molecule has 6 nitrogen and oxygen atoms in total. The van der Waals surface area contributed by atoms with Crippen molar-refractivity contribution in [2.75, 3.05) is 11.9 Å². The minimum atomic E-state index is -0.390. The number of benzene rings is 2. The number of amides is 1. The Morgan fingerprint density at radius 3 is 2.78 bits per heavy atom. The summed E-state index contributed by atoms with van der Waals surface area (Å²) in [4.78, 5) is 29.9. The molecule has 0 spiro atoms. The fourth-order valence-electron chi connectivity index (χ4n) is 3.65. The van der Waals surface area contributed by atoms with Gasteiger partial charge in [-0.3, -0.25) is 9.59 Å². The molecular weight excluding hydrogens is 446 g/mol. The number of hydrogen-bond donors (Lipinski definition) is 1. The highest BCUT2D eigenvalue weighted by molar-refractivity contribution is 7.98. The number of thioether (sulfide) groups is 1. The molecule has 1 aliphatic heterocycles. The van der Waals surface area contributed by atoms with Gasteiger partial charge < -0.3 is 14.6 Å². The Morgan fingerprint density at radius 1 is 1.28 bits per heavy atom. The monoisotopic (exact) mass is 465 g/mol. The smallest absolute Gasteiger partial charge is 0.279 e. The number of terminal acetylenes is 1. The van der Waals surface area contributed by atoms with E-state index in [-0.39, 0.29) is 24.5 Å². The lowest BCUT2D eigenvalue weighted by Crippen LogP contribution is -2.33. The number of nitrogens with zero attached hydrogens (tertiary/aromatic N) is 2. The van der Waals surface area contributed by atoms with Gasteiger partial charge in [-0.15, -0.1) is 6.42 Å². The van der Waals surface area contributed by atoms with Crippen LogP contribution in [0.3, 0.4) is 0 Å². The highest BCUT2D eigenvalue weighted by atomic mass is 35.5. The predicted molar refractivity (Wildman–Crippen MR) is 126 cm³/mol.